The number of aliphatic imine (C=N–C) groups is 1. The molecule has 0 aromatic heterocycles. The molecule has 1 rings (SSSR count). The number of thioether (sulfide) groups is 1. The summed E-state index contributed by atoms with van der Waals surface area (Å²) < 4.78 is 0. The van der Waals surface area contributed by atoms with Crippen LogP contribution in [0.25, 0.3) is 0 Å². The van der Waals surface area contributed by atoms with Crippen molar-refractivity contribution in [1.29, 1.82) is 0 Å². The first-order chi connectivity index (χ1) is 8.54. The van der Waals surface area contributed by atoms with E-state index in [1.165, 1.54) is 0 Å². The highest BCUT2D eigenvalue weighted by Crippen LogP contribution is 2.25. The molecule has 1 fully saturated rings. The second kappa shape index (κ2) is 7.02. The van der Waals surface area contributed by atoms with Gasteiger partial charge in [-0.3, -0.25) is 9.79 Å². The summed E-state index contributed by atoms with van der Waals surface area (Å²) >= 11 is 1.76. The summed E-state index contributed by atoms with van der Waals surface area (Å²) in [6.07, 6.45) is 1.60. The van der Waals surface area contributed by atoms with Crippen LogP contribution in [-0.2, 0) is 4.79 Å². The highest BCUT2D eigenvalue weighted by molar-refractivity contribution is 8.14. The zero-order valence-electron chi connectivity index (χ0n) is 12.0. The van der Waals surface area contributed by atoms with Crippen molar-refractivity contribution in [3.63, 3.8) is 0 Å². The maximum atomic E-state index is 11.8. The number of carbonyl (C=O) groups is 1. The quantitative estimate of drug-likeness (QED) is 0.804. The summed E-state index contributed by atoms with van der Waals surface area (Å²) in [4.78, 5) is 18.1. The molecule has 1 amide bonds. The molecule has 1 atom stereocenters. The summed E-state index contributed by atoms with van der Waals surface area (Å²) in [6, 6.07) is 0. The van der Waals surface area contributed by atoms with Gasteiger partial charge in [0.15, 0.2) is 5.17 Å². The fourth-order valence-electron chi connectivity index (χ4n) is 1.82. The lowest BCUT2D eigenvalue weighted by atomic mass is 10.0. The van der Waals surface area contributed by atoms with Crippen molar-refractivity contribution in [3.05, 3.63) is 0 Å². The molecule has 18 heavy (non-hydrogen) atoms. The average Bonchev–Trinajstić information content (AvgIpc) is 2.74. The lowest BCUT2D eigenvalue weighted by molar-refractivity contribution is -0.130. The molecule has 0 bridgehead atoms. The van der Waals surface area contributed by atoms with Gasteiger partial charge in [0.2, 0.25) is 5.91 Å². The van der Waals surface area contributed by atoms with Crippen molar-refractivity contribution >= 4 is 22.8 Å². The van der Waals surface area contributed by atoms with Gasteiger partial charge in [-0.15, -0.1) is 0 Å². The Bertz CT molecular complexity index is 315. The minimum absolute atomic E-state index is 0.173. The second-order valence-corrected chi connectivity index (χ2v) is 5.79. The predicted molar refractivity (Wildman–Crippen MR) is 79.1 cm³/mol. The highest BCUT2D eigenvalue weighted by atomic mass is 32.2. The van der Waals surface area contributed by atoms with Crippen molar-refractivity contribution in [2.45, 2.75) is 46.1 Å². The zero-order valence-corrected chi connectivity index (χ0v) is 12.8. The van der Waals surface area contributed by atoms with Gasteiger partial charge in [-0.2, -0.15) is 0 Å². The SMILES string of the molecule is CCN(CC)C(=O)CCN=C1NC(C)(CC)CS1. The lowest BCUT2D eigenvalue weighted by Crippen LogP contribution is -2.39. The molecular formula is C13H25N3OS. The normalized spacial score (nSPS) is 25.2. The van der Waals surface area contributed by atoms with E-state index in [1.807, 2.05) is 18.7 Å². The van der Waals surface area contributed by atoms with E-state index in [-0.39, 0.29) is 11.4 Å². The van der Waals surface area contributed by atoms with Crippen LogP contribution in [-0.4, -0.2) is 46.9 Å². The number of nitrogens with zero attached hydrogens (tertiary/aromatic N) is 2. The van der Waals surface area contributed by atoms with Crippen LogP contribution < -0.4 is 5.32 Å². The molecule has 1 aliphatic heterocycles. The van der Waals surface area contributed by atoms with Crippen molar-refractivity contribution in [1.82, 2.24) is 10.2 Å². The van der Waals surface area contributed by atoms with Crippen LogP contribution in [0.15, 0.2) is 4.99 Å². The molecule has 1 saturated heterocycles. The number of rotatable bonds is 6. The van der Waals surface area contributed by atoms with Gasteiger partial charge in [-0.05, 0) is 27.2 Å². The minimum atomic E-state index is 0.173. The maximum Gasteiger partial charge on any atom is 0.224 e. The van der Waals surface area contributed by atoms with Gasteiger partial charge in [-0.1, -0.05) is 18.7 Å². The molecule has 1 heterocycles. The topological polar surface area (TPSA) is 44.7 Å². The van der Waals surface area contributed by atoms with Crippen LogP contribution in [0.2, 0.25) is 0 Å². The third-order valence-electron chi connectivity index (χ3n) is 3.41. The van der Waals surface area contributed by atoms with Gasteiger partial charge in [0.25, 0.3) is 0 Å². The predicted octanol–water partition coefficient (Wildman–Crippen LogP) is 2.11. The number of carbonyl (C=O) groups excluding carboxylic acids is 1. The van der Waals surface area contributed by atoms with Crippen LogP contribution in [0.3, 0.4) is 0 Å². The maximum absolute atomic E-state index is 11.8. The van der Waals surface area contributed by atoms with Crippen molar-refractivity contribution in [2.24, 2.45) is 4.99 Å². The van der Waals surface area contributed by atoms with E-state index in [9.17, 15) is 4.79 Å². The van der Waals surface area contributed by atoms with Gasteiger partial charge in [0.05, 0.1) is 6.54 Å². The minimum Gasteiger partial charge on any atom is -0.359 e. The lowest BCUT2D eigenvalue weighted by Gasteiger charge is -2.21. The molecule has 0 aromatic rings. The molecule has 1 unspecified atom stereocenters. The Balaban J connectivity index is 2.36. The van der Waals surface area contributed by atoms with Crippen LogP contribution in [0.5, 0.6) is 0 Å². The van der Waals surface area contributed by atoms with E-state index in [0.29, 0.717) is 13.0 Å². The number of hydrogen-bond acceptors (Lipinski definition) is 3. The van der Waals surface area contributed by atoms with E-state index < -0.39 is 0 Å². The first-order valence-electron chi connectivity index (χ1n) is 6.77. The number of hydrogen-bond donors (Lipinski definition) is 1. The van der Waals surface area contributed by atoms with Crippen LogP contribution >= 0.6 is 11.8 Å². The van der Waals surface area contributed by atoms with Crippen molar-refractivity contribution in [2.75, 3.05) is 25.4 Å². The van der Waals surface area contributed by atoms with Gasteiger partial charge in [0, 0.05) is 30.8 Å². The van der Waals surface area contributed by atoms with E-state index >= 15 is 0 Å². The first-order valence-corrected chi connectivity index (χ1v) is 7.76. The second-order valence-electron chi connectivity index (χ2n) is 4.83. The Morgan fingerprint density at radius 3 is 2.61 bits per heavy atom. The molecular weight excluding hydrogens is 246 g/mol. The van der Waals surface area contributed by atoms with Gasteiger partial charge in [0.1, 0.15) is 0 Å². The monoisotopic (exact) mass is 271 g/mol. The molecule has 104 valence electrons. The van der Waals surface area contributed by atoms with Gasteiger partial charge < -0.3 is 10.2 Å². The largest absolute Gasteiger partial charge is 0.359 e. The summed E-state index contributed by atoms with van der Waals surface area (Å²) in [7, 11) is 0. The van der Waals surface area contributed by atoms with E-state index in [0.717, 1.165) is 30.4 Å². The third-order valence-corrected chi connectivity index (χ3v) is 4.70. The zero-order chi connectivity index (χ0) is 13.6. The Hall–Kier alpha value is -0.710. The Kier molecular flexibility index (Phi) is 5.99. The molecule has 0 aromatic carbocycles. The first kappa shape index (κ1) is 15.3. The van der Waals surface area contributed by atoms with Gasteiger partial charge in [-0.25, -0.2) is 0 Å². The summed E-state index contributed by atoms with van der Waals surface area (Å²) in [5, 5.41) is 4.43. The van der Waals surface area contributed by atoms with Crippen LogP contribution in [0.4, 0.5) is 0 Å². The summed E-state index contributed by atoms with van der Waals surface area (Å²) in [6.45, 7) is 10.6. The van der Waals surface area contributed by atoms with Gasteiger partial charge >= 0.3 is 0 Å². The fourth-order valence-corrected chi connectivity index (χ4v) is 3.05. The Labute approximate surface area is 115 Å². The third kappa shape index (κ3) is 4.19. The molecule has 0 saturated carbocycles. The van der Waals surface area contributed by atoms with Crippen molar-refractivity contribution < 1.29 is 4.79 Å². The summed E-state index contributed by atoms with van der Waals surface area (Å²) in [5.74, 6) is 1.26. The number of amides is 1. The molecule has 0 radical (unpaired) electrons. The van der Waals surface area contributed by atoms with Crippen molar-refractivity contribution in [3.8, 4) is 0 Å². The number of nitrogens with one attached hydrogen (secondary N) is 1. The standard InChI is InChI=1S/C13H25N3OS/c1-5-13(4)10-18-12(15-13)14-9-8-11(17)16(6-2)7-3/h5-10H2,1-4H3,(H,14,15). The molecule has 0 aliphatic carbocycles. The van der Waals surface area contributed by atoms with Crippen LogP contribution in [0.1, 0.15) is 40.5 Å². The molecule has 5 heteroatoms. The Morgan fingerprint density at radius 2 is 2.11 bits per heavy atom. The van der Waals surface area contributed by atoms with E-state index in [2.05, 4.69) is 24.2 Å². The molecule has 0 spiro atoms. The molecule has 1 aliphatic rings. The summed E-state index contributed by atoms with van der Waals surface area (Å²) in [5.41, 5.74) is 0.173. The number of amidine groups is 1. The molecule has 1 N–H and O–H groups in total. The average molecular weight is 271 g/mol. The van der Waals surface area contributed by atoms with Crippen LogP contribution in [0, 0.1) is 0 Å². The Morgan fingerprint density at radius 1 is 1.44 bits per heavy atom. The highest BCUT2D eigenvalue weighted by Gasteiger charge is 2.30. The fraction of sp³-hybridized carbons (Fsp3) is 0.846. The van der Waals surface area contributed by atoms with E-state index in [1.54, 1.807) is 11.8 Å². The smallest absolute Gasteiger partial charge is 0.224 e. The molecule has 4 nitrogen and oxygen atoms in total. The van der Waals surface area contributed by atoms with E-state index in [4.69, 9.17) is 0 Å².